The van der Waals surface area contributed by atoms with Crippen LogP contribution < -0.4 is 0 Å². The molecule has 0 radical (unpaired) electrons. The first kappa shape index (κ1) is 31.6. The fourth-order valence-corrected chi connectivity index (χ4v) is 2.55. The van der Waals surface area contributed by atoms with Gasteiger partial charge in [0.2, 0.25) is 0 Å². The van der Waals surface area contributed by atoms with Crippen molar-refractivity contribution in [3.8, 4) is 6.07 Å². The van der Waals surface area contributed by atoms with Crippen molar-refractivity contribution in [3.63, 3.8) is 0 Å². The number of hydrogen-bond acceptors (Lipinski definition) is 5. The second-order valence-electron chi connectivity index (χ2n) is 7.54. The summed E-state index contributed by atoms with van der Waals surface area (Å²) >= 11 is 0. The topological polar surface area (TPSA) is 79.6 Å². The highest BCUT2D eigenvalue weighted by Gasteiger charge is 2.87. The van der Waals surface area contributed by atoms with E-state index in [0.717, 1.165) is 13.8 Å². The van der Waals surface area contributed by atoms with Crippen molar-refractivity contribution in [1.82, 2.24) is 0 Å². The van der Waals surface area contributed by atoms with Crippen LogP contribution in [-0.4, -0.2) is 53.9 Å². The summed E-state index contributed by atoms with van der Waals surface area (Å²) in [7, 11) is 0. The highest BCUT2D eigenvalue weighted by molar-refractivity contribution is 5.72. The first-order chi connectivity index (χ1) is 15.0. The van der Waals surface area contributed by atoms with Gasteiger partial charge in [0, 0.05) is 6.42 Å². The lowest BCUT2D eigenvalue weighted by Crippen LogP contribution is -2.69. The van der Waals surface area contributed by atoms with E-state index >= 15 is 0 Å². The average Bonchev–Trinajstić information content (AvgIpc) is 2.70. The maximum Gasteiger partial charge on any atom is 0.384 e. The van der Waals surface area contributed by atoms with Crippen LogP contribution in [0.15, 0.2) is 12.3 Å². The minimum absolute atomic E-state index is 0.389. The Morgan fingerprint density at radius 2 is 1.47 bits per heavy atom. The molecule has 198 valence electrons. The number of nitriles is 1. The van der Waals surface area contributed by atoms with Gasteiger partial charge in [-0.15, -0.1) is 0 Å². The molecule has 2 atom stereocenters. The summed E-state index contributed by atoms with van der Waals surface area (Å²) in [5, 5.41) is 17.6. The summed E-state index contributed by atoms with van der Waals surface area (Å²) in [6.07, 6.45) is -6.66. The predicted octanol–water partition coefficient (Wildman–Crippen LogP) is 5.92. The van der Waals surface area contributed by atoms with Gasteiger partial charge in [0.1, 0.15) is 5.76 Å². The van der Waals surface area contributed by atoms with Crippen LogP contribution in [0.3, 0.4) is 0 Å². The predicted molar refractivity (Wildman–Crippen MR) is 86.7 cm³/mol. The van der Waals surface area contributed by atoms with Crippen molar-refractivity contribution in [1.29, 1.82) is 5.26 Å². The van der Waals surface area contributed by atoms with Crippen LogP contribution in [0.1, 0.15) is 26.7 Å². The maximum atomic E-state index is 13.7. The molecule has 0 bridgehead atoms. The smallest absolute Gasteiger partial charge is 0.384 e. The number of carbonyl (C=O) groups is 1. The van der Waals surface area contributed by atoms with Crippen LogP contribution in [-0.2, 0) is 14.4 Å². The molecule has 0 aliphatic carbocycles. The Morgan fingerprint density at radius 1 is 1.00 bits per heavy atom. The number of ether oxygens (including phenoxy) is 1. The van der Waals surface area contributed by atoms with E-state index in [1.807, 2.05) is 0 Å². The molecule has 0 saturated heterocycles. The standard InChI is InChI=1S/C17H17F12NO4/c1-8(4-12(3,6-30)5-9(2)34-32)10(31)33-7-13(20,21)15(24,25)17(28,29)16(26,27)14(22,23)11(18)19/h8,11,32H,2,4-5,7H2,1,3H3. The normalized spacial score (nSPS) is 16.4. The summed E-state index contributed by atoms with van der Waals surface area (Å²) in [4.78, 5) is 15.5. The molecule has 0 spiro atoms. The molecule has 0 heterocycles. The number of carbonyl (C=O) groups excluding carboxylic acids is 1. The lowest BCUT2D eigenvalue weighted by atomic mass is 9.79. The monoisotopic (exact) mass is 527 g/mol. The number of alkyl halides is 12. The van der Waals surface area contributed by atoms with Gasteiger partial charge in [-0.25, -0.2) is 14.0 Å². The van der Waals surface area contributed by atoms with Gasteiger partial charge in [0.05, 0.1) is 17.4 Å². The number of rotatable bonds is 13. The zero-order chi connectivity index (χ0) is 27.6. The van der Waals surface area contributed by atoms with Crippen LogP contribution in [0.5, 0.6) is 0 Å². The second kappa shape index (κ2) is 10.1. The zero-order valence-corrected chi connectivity index (χ0v) is 17.1. The molecule has 0 aromatic rings. The van der Waals surface area contributed by atoms with E-state index in [-0.39, 0.29) is 5.76 Å². The number of esters is 1. The van der Waals surface area contributed by atoms with Gasteiger partial charge in [0.25, 0.3) is 0 Å². The SMILES string of the molecule is C=C(CC(C)(C#N)CC(C)C(=O)OCC(F)(F)C(F)(F)C(F)(F)C(F)(F)C(F)(F)C(F)F)OO. The first-order valence-electron chi connectivity index (χ1n) is 8.71. The number of halogens is 12. The second-order valence-corrected chi connectivity index (χ2v) is 7.54. The molecule has 0 aromatic heterocycles. The number of hydrogen-bond donors (Lipinski definition) is 1. The Balaban J connectivity index is 5.66. The molecule has 1 N–H and O–H groups in total. The van der Waals surface area contributed by atoms with Gasteiger partial charge in [0.15, 0.2) is 6.61 Å². The van der Waals surface area contributed by atoms with Crippen LogP contribution in [0.25, 0.3) is 0 Å². The summed E-state index contributed by atoms with van der Waals surface area (Å²) in [6, 6.07) is 1.64. The van der Waals surface area contributed by atoms with E-state index in [4.69, 9.17) is 10.5 Å². The molecular formula is C17H17F12NO4. The van der Waals surface area contributed by atoms with Crippen molar-refractivity contribution < 1.29 is 72.4 Å². The lowest BCUT2D eigenvalue weighted by molar-refractivity contribution is -0.414. The Hall–Kier alpha value is -2.38. The quantitative estimate of drug-likeness (QED) is 0.106. The van der Waals surface area contributed by atoms with E-state index in [2.05, 4.69) is 16.2 Å². The molecule has 0 aliphatic heterocycles. The van der Waals surface area contributed by atoms with Gasteiger partial charge in [-0.1, -0.05) is 13.5 Å². The summed E-state index contributed by atoms with van der Waals surface area (Å²) in [6.45, 7) is 2.17. The van der Waals surface area contributed by atoms with Gasteiger partial charge in [-0.2, -0.15) is 49.2 Å². The van der Waals surface area contributed by atoms with Crippen LogP contribution in [0, 0.1) is 22.7 Å². The van der Waals surface area contributed by atoms with Gasteiger partial charge < -0.3 is 9.62 Å². The molecule has 0 saturated carbocycles. The van der Waals surface area contributed by atoms with E-state index in [9.17, 15) is 57.5 Å². The van der Waals surface area contributed by atoms with E-state index < -0.39 is 72.8 Å². The third-order valence-electron chi connectivity index (χ3n) is 4.48. The fraction of sp³-hybridized carbons (Fsp3) is 0.765. The summed E-state index contributed by atoms with van der Waals surface area (Å²) in [5.41, 5.74) is -1.60. The van der Waals surface area contributed by atoms with Gasteiger partial charge in [-0.3, -0.25) is 4.79 Å². The van der Waals surface area contributed by atoms with Crippen molar-refractivity contribution >= 4 is 5.97 Å². The van der Waals surface area contributed by atoms with E-state index in [0.29, 0.717) is 0 Å². The molecule has 34 heavy (non-hydrogen) atoms. The van der Waals surface area contributed by atoms with Crippen molar-refractivity contribution in [2.75, 3.05) is 6.61 Å². The minimum atomic E-state index is -7.73. The van der Waals surface area contributed by atoms with Crippen LogP contribution in [0.4, 0.5) is 52.7 Å². The fourth-order valence-electron chi connectivity index (χ4n) is 2.55. The average molecular weight is 527 g/mol. The largest absolute Gasteiger partial charge is 0.459 e. The number of nitrogens with zero attached hydrogens (tertiary/aromatic N) is 1. The molecule has 0 aliphatic rings. The summed E-state index contributed by atoms with van der Waals surface area (Å²) < 4.78 is 161. The lowest BCUT2D eigenvalue weighted by Gasteiger charge is -2.39. The minimum Gasteiger partial charge on any atom is -0.459 e. The highest BCUT2D eigenvalue weighted by Crippen LogP contribution is 2.58. The highest BCUT2D eigenvalue weighted by atomic mass is 19.4. The molecule has 0 fully saturated rings. The third kappa shape index (κ3) is 5.81. The molecule has 5 nitrogen and oxygen atoms in total. The van der Waals surface area contributed by atoms with Gasteiger partial charge >= 0.3 is 42.0 Å². The molecule has 0 aromatic carbocycles. The Kier molecular flexibility index (Phi) is 9.38. The van der Waals surface area contributed by atoms with Crippen LogP contribution >= 0.6 is 0 Å². The molecule has 0 amide bonds. The van der Waals surface area contributed by atoms with Crippen molar-refractivity contribution in [2.45, 2.75) is 62.7 Å². The number of allylic oxidation sites excluding steroid dienone is 1. The Bertz CT molecular complexity index is 796. The van der Waals surface area contributed by atoms with Crippen molar-refractivity contribution in [2.24, 2.45) is 11.3 Å². The van der Waals surface area contributed by atoms with Gasteiger partial charge in [-0.05, 0) is 13.3 Å². The Morgan fingerprint density at radius 3 is 1.85 bits per heavy atom. The molecule has 17 heteroatoms. The molecular weight excluding hydrogens is 510 g/mol. The summed E-state index contributed by atoms with van der Waals surface area (Å²) in [5.74, 6) is -40.2. The van der Waals surface area contributed by atoms with E-state index in [1.165, 1.54) is 0 Å². The first-order valence-corrected chi connectivity index (χ1v) is 8.71. The zero-order valence-electron chi connectivity index (χ0n) is 17.1. The van der Waals surface area contributed by atoms with Crippen LogP contribution in [0.2, 0.25) is 0 Å². The molecule has 0 rings (SSSR count). The van der Waals surface area contributed by atoms with Crippen molar-refractivity contribution in [3.05, 3.63) is 12.3 Å². The Labute approximate surface area is 183 Å². The molecule has 2 unspecified atom stereocenters. The third-order valence-corrected chi connectivity index (χ3v) is 4.48. The maximum absolute atomic E-state index is 13.7. The van der Waals surface area contributed by atoms with E-state index in [1.54, 1.807) is 6.07 Å².